The molecule has 0 saturated carbocycles. The van der Waals surface area contributed by atoms with E-state index in [1.165, 1.54) is 0 Å². The second-order valence-electron chi connectivity index (χ2n) is 5.92. The van der Waals surface area contributed by atoms with Gasteiger partial charge < -0.3 is 25.0 Å². The molecule has 2 N–H and O–H groups in total. The first-order valence-corrected chi connectivity index (χ1v) is 8.10. The Bertz CT molecular complexity index is 551. The molecule has 1 aromatic carbocycles. The van der Waals surface area contributed by atoms with Crippen molar-refractivity contribution in [2.45, 2.75) is 32.5 Å². The van der Waals surface area contributed by atoms with Crippen molar-refractivity contribution < 1.29 is 19.1 Å². The molecule has 0 aromatic heterocycles. The number of nitrogens with zero attached hydrogens (tertiary/aromatic N) is 1. The number of carbonyl (C=O) groups is 2. The van der Waals surface area contributed by atoms with Crippen LogP contribution in [0.5, 0.6) is 5.75 Å². The summed E-state index contributed by atoms with van der Waals surface area (Å²) in [6.45, 7) is 5.40. The zero-order valence-electron chi connectivity index (χ0n) is 14.4. The van der Waals surface area contributed by atoms with Crippen LogP contribution in [0.15, 0.2) is 24.3 Å². The van der Waals surface area contributed by atoms with Gasteiger partial charge in [-0.05, 0) is 38.1 Å². The lowest BCUT2D eigenvalue weighted by Crippen LogP contribution is -2.48. The third kappa shape index (κ3) is 5.42. The molecule has 24 heavy (non-hydrogen) atoms. The Morgan fingerprint density at radius 2 is 1.83 bits per heavy atom. The number of benzene rings is 1. The SMILES string of the molecule is COc1ccc(NC(=O)NCCC(=O)N2C[C@@H](C)O[C@H](C)C2)cc1. The average Bonchev–Trinajstić information content (AvgIpc) is 2.54. The molecule has 2 rings (SSSR count). The van der Waals surface area contributed by atoms with Gasteiger partial charge in [0.1, 0.15) is 5.75 Å². The van der Waals surface area contributed by atoms with Gasteiger partial charge in [-0.3, -0.25) is 4.79 Å². The fourth-order valence-electron chi connectivity index (χ4n) is 2.67. The normalized spacial score (nSPS) is 20.4. The standard InChI is InChI=1S/C17H25N3O4/c1-12-10-20(11-13(2)24-12)16(21)8-9-18-17(22)19-14-4-6-15(23-3)7-5-14/h4-7,12-13H,8-11H2,1-3H3,(H2,18,19,22)/t12-,13-/m1/s1. The van der Waals surface area contributed by atoms with Crippen LogP contribution in [-0.2, 0) is 9.53 Å². The molecule has 3 amide bonds. The molecular formula is C17H25N3O4. The molecule has 0 radical (unpaired) electrons. The van der Waals surface area contributed by atoms with Gasteiger partial charge in [0.05, 0.1) is 19.3 Å². The topological polar surface area (TPSA) is 79.9 Å². The molecule has 7 heteroatoms. The Balaban J connectivity index is 1.70. The summed E-state index contributed by atoms with van der Waals surface area (Å²) in [7, 11) is 1.59. The van der Waals surface area contributed by atoms with E-state index in [0.29, 0.717) is 25.3 Å². The minimum Gasteiger partial charge on any atom is -0.497 e. The van der Waals surface area contributed by atoms with Gasteiger partial charge in [0.2, 0.25) is 5.91 Å². The molecule has 1 fully saturated rings. The molecule has 2 atom stereocenters. The van der Waals surface area contributed by atoms with Crippen molar-refractivity contribution in [3.05, 3.63) is 24.3 Å². The maximum Gasteiger partial charge on any atom is 0.319 e. The largest absolute Gasteiger partial charge is 0.497 e. The highest BCUT2D eigenvalue weighted by molar-refractivity contribution is 5.89. The van der Waals surface area contributed by atoms with E-state index in [1.807, 2.05) is 13.8 Å². The molecule has 0 bridgehead atoms. The third-order valence-corrected chi connectivity index (χ3v) is 3.74. The minimum atomic E-state index is -0.336. The molecule has 1 aromatic rings. The van der Waals surface area contributed by atoms with Gasteiger partial charge in [-0.2, -0.15) is 0 Å². The first kappa shape index (κ1) is 18.1. The van der Waals surface area contributed by atoms with E-state index >= 15 is 0 Å². The summed E-state index contributed by atoms with van der Waals surface area (Å²) in [5.41, 5.74) is 0.662. The van der Waals surface area contributed by atoms with Crippen LogP contribution in [0.3, 0.4) is 0 Å². The number of rotatable bonds is 5. The van der Waals surface area contributed by atoms with Crippen molar-refractivity contribution in [3.63, 3.8) is 0 Å². The molecule has 0 unspecified atom stereocenters. The van der Waals surface area contributed by atoms with Gasteiger partial charge in [-0.25, -0.2) is 4.79 Å². The van der Waals surface area contributed by atoms with Gasteiger partial charge in [-0.15, -0.1) is 0 Å². The highest BCUT2D eigenvalue weighted by atomic mass is 16.5. The highest BCUT2D eigenvalue weighted by Gasteiger charge is 2.25. The zero-order chi connectivity index (χ0) is 17.5. The molecule has 1 aliphatic heterocycles. The summed E-state index contributed by atoms with van der Waals surface area (Å²) in [5, 5.41) is 5.40. The lowest BCUT2D eigenvalue weighted by Gasteiger charge is -2.35. The van der Waals surface area contributed by atoms with Gasteiger partial charge in [-0.1, -0.05) is 0 Å². The number of carbonyl (C=O) groups excluding carboxylic acids is 2. The van der Waals surface area contributed by atoms with E-state index in [-0.39, 0.29) is 30.6 Å². The second-order valence-corrected chi connectivity index (χ2v) is 5.92. The molecule has 0 spiro atoms. The van der Waals surface area contributed by atoms with Crippen LogP contribution in [0.2, 0.25) is 0 Å². The van der Waals surface area contributed by atoms with Crippen LogP contribution in [-0.4, -0.2) is 55.8 Å². The van der Waals surface area contributed by atoms with Crippen molar-refractivity contribution in [2.24, 2.45) is 0 Å². The van der Waals surface area contributed by atoms with Crippen LogP contribution in [0.25, 0.3) is 0 Å². The van der Waals surface area contributed by atoms with Crippen LogP contribution in [0.1, 0.15) is 20.3 Å². The van der Waals surface area contributed by atoms with Crippen molar-refractivity contribution in [2.75, 3.05) is 32.1 Å². The predicted octanol–water partition coefficient (Wildman–Crippen LogP) is 1.84. The van der Waals surface area contributed by atoms with Crippen molar-refractivity contribution >= 4 is 17.6 Å². The predicted molar refractivity (Wildman–Crippen MR) is 91.2 cm³/mol. The van der Waals surface area contributed by atoms with Gasteiger partial charge in [0.15, 0.2) is 0 Å². The Labute approximate surface area is 142 Å². The van der Waals surface area contributed by atoms with Crippen molar-refractivity contribution in [3.8, 4) is 5.75 Å². The van der Waals surface area contributed by atoms with E-state index in [4.69, 9.17) is 9.47 Å². The lowest BCUT2D eigenvalue weighted by molar-refractivity contribution is -0.143. The summed E-state index contributed by atoms with van der Waals surface area (Å²) in [6.07, 6.45) is 0.364. The first-order valence-electron chi connectivity index (χ1n) is 8.10. The number of amides is 3. The van der Waals surface area contributed by atoms with Crippen LogP contribution in [0.4, 0.5) is 10.5 Å². The van der Waals surface area contributed by atoms with Crippen molar-refractivity contribution in [1.29, 1.82) is 0 Å². The molecule has 132 valence electrons. The van der Waals surface area contributed by atoms with Gasteiger partial charge in [0.25, 0.3) is 0 Å². The van der Waals surface area contributed by atoms with E-state index in [1.54, 1.807) is 36.3 Å². The maximum absolute atomic E-state index is 12.2. The fraction of sp³-hybridized carbons (Fsp3) is 0.529. The van der Waals surface area contributed by atoms with Crippen LogP contribution < -0.4 is 15.4 Å². The number of methoxy groups -OCH3 is 1. The summed E-state index contributed by atoms with van der Waals surface area (Å²) in [5.74, 6) is 0.752. The molecule has 1 heterocycles. The zero-order valence-corrected chi connectivity index (χ0v) is 14.4. The lowest BCUT2D eigenvalue weighted by atomic mass is 10.2. The van der Waals surface area contributed by atoms with E-state index < -0.39 is 0 Å². The molecule has 7 nitrogen and oxygen atoms in total. The fourth-order valence-corrected chi connectivity index (χ4v) is 2.67. The Morgan fingerprint density at radius 1 is 1.21 bits per heavy atom. The smallest absolute Gasteiger partial charge is 0.319 e. The quantitative estimate of drug-likeness (QED) is 0.860. The molecule has 1 aliphatic rings. The number of ether oxygens (including phenoxy) is 2. The van der Waals surface area contributed by atoms with Gasteiger partial charge >= 0.3 is 6.03 Å². The number of hydrogen-bond acceptors (Lipinski definition) is 4. The number of nitrogens with one attached hydrogen (secondary N) is 2. The molecule has 1 saturated heterocycles. The molecule has 0 aliphatic carbocycles. The summed E-state index contributed by atoms with van der Waals surface area (Å²) >= 11 is 0. The van der Waals surface area contributed by atoms with Crippen LogP contribution >= 0.6 is 0 Å². The molecular weight excluding hydrogens is 310 g/mol. The number of morpholine rings is 1. The summed E-state index contributed by atoms with van der Waals surface area (Å²) in [6, 6.07) is 6.69. The van der Waals surface area contributed by atoms with Gasteiger partial charge in [0, 0.05) is 31.7 Å². The highest BCUT2D eigenvalue weighted by Crippen LogP contribution is 2.15. The Morgan fingerprint density at radius 3 is 2.42 bits per heavy atom. The number of hydrogen-bond donors (Lipinski definition) is 2. The maximum atomic E-state index is 12.2. The Hall–Kier alpha value is -2.28. The van der Waals surface area contributed by atoms with Crippen LogP contribution in [0, 0.1) is 0 Å². The third-order valence-electron chi connectivity index (χ3n) is 3.74. The number of urea groups is 1. The average molecular weight is 335 g/mol. The monoisotopic (exact) mass is 335 g/mol. The summed E-state index contributed by atoms with van der Waals surface area (Å²) in [4.78, 5) is 25.8. The van der Waals surface area contributed by atoms with E-state index in [2.05, 4.69) is 10.6 Å². The van der Waals surface area contributed by atoms with E-state index in [0.717, 1.165) is 5.75 Å². The minimum absolute atomic E-state index is 0.0294. The Kier molecular flexibility index (Phi) is 6.43. The first-order chi connectivity index (χ1) is 11.5. The second kappa shape index (κ2) is 8.54. The van der Waals surface area contributed by atoms with Crippen molar-refractivity contribution in [1.82, 2.24) is 10.2 Å². The van der Waals surface area contributed by atoms with E-state index in [9.17, 15) is 9.59 Å². The number of anilines is 1. The summed E-state index contributed by atoms with van der Waals surface area (Å²) < 4.78 is 10.7.